The van der Waals surface area contributed by atoms with E-state index in [1.54, 1.807) is 13.4 Å². The fourth-order valence-corrected chi connectivity index (χ4v) is 4.72. The number of ether oxygens (including phenoxy) is 4. The van der Waals surface area contributed by atoms with Gasteiger partial charge < -0.3 is 34.9 Å². The second kappa shape index (κ2) is 11.4. The minimum atomic E-state index is -0.317. The van der Waals surface area contributed by atoms with Crippen LogP contribution in [0, 0.1) is 6.92 Å². The summed E-state index contributed by atoms with van der Waals surface area (Å²) in [5, 5.41) is 10.1. The molecule has 0 saturated carbocycles. The first-order valence-corrected chi connectivity index (χ1v) is 13.0. The van der Waals surface area contributed by atoms with Gasteiger partial charge in [0.05, 0.1) is 33.3 Å². The summed E-state index contributed by atoms with van der Waals surface area (Å²) >= 11 is 3.60. The first kappa shape index (κ1) is 24.7. The number of hydrogen-bond donors (Lipinski definition) is 3. The van der Waals surface area contributed by atoms with Crippen LogP contribution in [0.1, 0.15) is 17.5 Å². The van der Waals surface area contributed by atoms with Crippen molar-refractivity contribution in [3.8, 4) is 17.2 Å². The van der Waals surface area contributed by atoms with Gasteiger partial charge in [-0.3, -0.25) is 4.90 Å². The van der Waals surface area contributed by atoms with Gasteiger partial charge in [0.25, 0.3) is 0 Å². The summed E-state index contributed by atoms with van der Waals surface area (Å²) in [5.74, 6) is 2.68. The lowest BCUT2D eigenvalue weighted by molar-refractivity contribution is 0.0357. The van der Waals surface area contributed by atoms with Crippen LogP contribution in [0.3, 0.4) is 0 Å². The number of morpholine rings is 1. The fourth-order valence-electron chi connectivity index (χ4n) is 4.34. The van der Waals surface area contributed by atoms with Crippen LogP contribution in [0.25, 0.3) is 0 Å². The molecular weight excluding hydrogens is 526 g/mol. The molecule has 0 aliphatic carbocycles. The van der Waals surface area contributed by atoms with Gasteiger partial charge >= 0.3 is 0 Å². The Balaban J connectivity index is 1.26. The van der Waals surface area contributed by atoms with E-state index in [1.165, 1.54) is 5.56 Å². The molecule has 5 rings (SSSR count). The van der Waals surface area contributed by atoms with E-state index < -0.39 is 0 Å². The molecule has 1 saturated heterocycles. The molecule has 0 aromatic heterocycles. The van der Waals surface area contributed by atoms with Crippen molar-refractivity contribution >= 4 is 28.0 Å². The van der Waals surface area contributed by atoms with Crippen LogP contribution in [-0.2, 0) is 11.3 Å². The molecule has 1 atom stereocenters. The molecule has 0 radical (unpaired) electrons. The van der Waals surface area contributed by atoms with Gasteiger partial charge in [-0.15, -0.1) is 0 Å². The van der Waals surface area contributed by atoms with Gasteiger partial charge in [-0.05, 0) is 37.1 Å². The third-order valence-corrected chi connectivity index (χ3v) is 7.27. The Morgan fingerprint density at radius 1 is 1.19 bits per heavy atom. The van der Waals surface area contributed by atoms with Crippen molar-refractivity contribution in [1.29, 1.82) is 0 Å². The van der Waals surface area contributed by atoms with Crippen molar-refractivity contribution < 1.29 is 18.9 Å². The van der Waals surface area contributed by atoms with Crippen LogP contribution in [0.4, 0.5) is 5.69 Å². The maximum absolute atomic E-state index is 6.29. The van der Waals surface area contributed by atoms with Gasteiger partial charge in [-0.1, -0.05) is 22.0 Å². The molecule has 2 aromatic rings. The first-order valence-electron chi connectivity index (χ1n) is 12.2. The molecule has 0 amide bonds. The molecule has 1 unspecified atom stereocenters. The Kier molecular flexibility index (Phi) is 7.84. The minimum Gasteiger partial charge on any atom is -0.493 e. The smallest absolute Gasteiger partial charge is 0.221 e. The topological polar surface area (TPSA) is 88.6 Å². The molecule has 0 bridgehead atoms. The minimum absolute atomic E-state index is 0.317. The van der Waals surface area contributed by atoms with Gasteiger partial charge in [-0.25, -0.2) is 4.99 Å². The number of methoxy groups -OCH3 is 1. The number of anilines is 1. The number of rotatable bonds is 8. The lowest BCUT2D eigenvalue weighted by Crippen LogP contribution is -2.37. The molecule has 3 aliphatic heterocycles. The molecule has 192 valence electrons. The quantitative estimate of drug-likeness (QED) is 0.424. The Morgan fingerprint density at radius 2 is 2.06 bits per heavy atom. The number of nitrogens with one attached hydrogen (secondary N) is 3. The Labute approximate surface area is 220 Å². The molecular formula is C26H32BrN5O4. The Bertz CT molecular complexity index is 1150. The zero-order chi connectivity index (χ0) is 24.9. The zero-order valence-corrected chi connectivity index (χ0v) is 22.2. The molecule has 0 spiro atoms. The average molecular weight is 558 g/mol. The number of halogens is 1. The van der Waals surface area contributed by atoms with Crippen molar-refractivity contribution in [2.45, 2.75) is 26.1 Å². The average Bonchev–Trinajstić information content (AvgIpc) is 3.08. The molecule has 9 nitrogen and oxygen atoms in total. The number of aryl methyl sites for hydroxylation is 1. The molecule has 3 aliphatic rings. The van der Waals surface area contributed by atoms with Crippen LogP contribution >= 0.6 is 15.9 Å². The van der Waals surface area contributed by atoms with E-state index in [2.05, 4.69) is 54.8 Å². The largest absolute Gasteiger partial charge is 0.493 e. The summed E-state index contributed by atoms with van der Waals surface area (Å²) in [4.78, 5) is 6.99. The fraction of sp³-hybridized carbons (Fsp3) is 0.423. The van der Waals surface area contributed by atoms with E-state index in [0.29, 0.717) is 36.3 Å². The Hall–Kier alpha value is -2.95. The van der Waals surface area contributed by atoms with E-state index in [0.717, 1.165) is 60.7 Å². The van der Waals surface area contributed by atoms with Crippen molar-refractivity contribution in [1.82, 2.24) is 15.5 Å². The van der Waals surface area contributed by atoms with Gasteiger partial charge in [0.2, 0.25) is 5.88 Å². The second-order valence-electron chi connectivity index (χ2n) is 8.90. The SMILES string of the molecule is COc1cc2c(cc1OCCCN1CCOCC1)CNC1=C(NC=NC1Nc1ccc(C)c(Br)c1)O2. The van der Waals surface area contributed by atoms with E-state index in [-0.39, 0.29) is 6.17 Å². The summed E-state index contributed by atoms with van der Waals surface area (Å²) < 4.78 is 24.5. The van der Waals surface area contributed by atoms with Crippen LogP contribution < -0.4 is 30.2 Å². The normalized spacial score (nSPS) is 19.2. The van der Waals surface area contributed by atoms with Crippen molar-refractivity contribution in [3.63, 3.8) is 0 Å². The molecule has 3 heterocycles. The molecule has 2 aromatic carbocycles. The summed E-state index contributed by atoms with van der Waals surface area (Å²) in [6.07, 6.45) is 2.27. The number of benzene rings is 2. The maximum Gasteiger partial charge on any atom is 0.221 e. The lowest BCUT2D eigenvalue weighted by Gasteiger charge is -2.26. The third-order valence-electron chi connectivity index (χ3n) is 6.42. The molecule has 3 N–H and O–H groups in total. The third kappa shape index (κ3) is 5.71. The monoisotopic (exact) mass is 557 g/mol. The summed E-state index contributed by atoms with van der Waals surface area (Å²) in [6.45, 7) is 7.82. The zero-order valence-electron chi connectivity index (χ0n) is 20.6. The van der Waals surface area contributed by atoms with E-state index in [1.807, 2.05) is 24.3 Å². The van der Waals surface area contributed by atoms with E-state index in [4.69, 9.17) is 18.9 Å². The highest BCUT2D eigenvalue weighted by Gasteiger charge is 2.27. The number of fused-ring (bicyclic) bond motifs is 1. The van der Waals surface area contributed by atoms with E-state index in [9.17, 15) is 0 Å². The number of aliphatic imine (C=N–C) groups is 1. The standard InChI is InChI=1S/C26H32BrN5O4/c1-17-4-5-19(13-20(17)27)31-25-24-26(30-16-29-25)36-21-14-22(33-2)23(12-18(21)15-28-24)35-9-3-6-32-7-10-34-11-8-32/h4-5,12-14,16,25,28,31H,3,6-11,15H2,1-2H3,(H,29,30). The predicted octanol–water partition coefficient (Wildman–Crippen LogP) is 3.59. The predicted molar refractivity (Wildman–Crippen MR) is 143 cm³/mol. The first-order chi connectivity index (χ1) is 17.6. The maximum atomic E-state index is 6.29. The number of nitrogens with zero attached hydrogens (tertiary/aromatic N) is 2. The van der Waals surface area contributed by atoms with E-state index >= 15 is 0 Å². The van der Waals surface area contributed by atoms with Crippen molar-refractivity contribution in [2.24, 2.45) is 4.99 Å². The van der Waals surface area contributed by atoms with Gasteiger partial charge in [-0.2, -0.15) is 0 Å². The van der Waals surface area contributed by atoms with Crippen LogP contribution in [0.15, 0.2) is 51.4 Å². The van der Waals surface area contributed by atoms with Gasteiger partial charge in [0, 0.05) is 48.0 Å². The van der Waals surface area contributed by atoms with Crippen molar-refractivity contribution in [3.05, 3.63) is 57.5 Å². The molecule has 1 fully saturated rings. The molecule has 36 heavy (non-hydrogen) atoms. The summed E-state index contributed by atoms with van der Waals surface area (Å²) in [7, 11) is 1.65. The highest BCUT2D eigenvalue weighted by molar-refractivity contribution is 9.10. The summed E-state index contributed by atoms with van der Waals surface area (Å²) in [5.41, 5.74) is 3.94. The lowest BCUT2D eigenvalue weighted by atomic mass is 10.1. The number of hydrogen-bond acceptors (Lipinski definition) is 9. The highest BCUT2D eigenvalue weighted by Crippen LogP contribution is 2.37. The second-order valence-corrected chi connectivity index (χ2v) is 9.75. The molecule has 10 heteroatoms. The van der Waals surface area contributed by atoms with Crippen LogP contribution in [-0.4, -0.2) is 64.0 Å². The highest BCUT2D eigenvalue weighted by atomic mass is 79.9. The van der Waals surface area contributed by atoms with Crippen molar-refractivity contribution in [2.75, 3.05) is 51.9 Å². The Morgan fingerprint density at radius 3 is 2.86 bits per heavy atom. The van der Waals surface area contributed by atoms with Gasteiger partial charge in [0.1, 0.15) is 11.4 Å². The van der Waals surface area contributed by atoms with Gasteiger partial charge in [0.15, 0.2) is 17.7 Å². The summed E-state index contributed by atoms with van der Waals surface area (Å²) in [6, 6.07) is 10.0. The van der Waals surface area contributed by atoms with Crippen LogP contribution in [0.5, 0.6) is 17.2 Å². The van der Waals surface area contributed by atoms with Crippen LogP contribution in [0.2, 0.25) is 0 Å².